The standard InChI is InChI=1S/C14H23N3O2/c1-3-19-14(7-5-4-6-8-14)13-16-11(10-15-2)9-12(18)17-13/h9,15H,3-8,10H2,1-2H3,(H,16,17,18). The quantitative estimate of drug-likeness (QED) is 0.850. The molecule has 1 aromatic heterocycles. The molecule has 0 spiro atoms. The molecular weight excluding hydrogens is 242 g/mol. The minimum absolute atomic E-state index is 0.0973. The SMILES string of the molecule is CCOC1(c2nc(CNC)cc(=O)[nH]2)CCCCC1. The lowest BCUT2D eigenvalue weighted by Gasteiger charge is -2.36. The van der Waals surface area contributed by atoms with Crippen molar-refractivity contribution in [1.82, 2.24) is 15.3 Å². The van der Waals surface area contributed by atoms with Crippen LogP contribution in [0.4, 0.5) is 0 Å². The zero-order chi connectivity index (χ0) is 13.7. The molecule has 0 aliphatic heterocycles. The van der Waals surface area contributed by atoms with E-state index in [1.807, 2.05) is 14.0 Å². The molecule has 0 atom stereocenters. The highest BCUT2D eigenvalue weighted by Crippen LogP contribution is 2.38. The van der Waals surface area contributed by atoms with Gasteiger partial charge in [0.25, 0.3) is 5.56 Å². The summed E-state index contributed by atoms with van der Waals surface area (Å²) in [5.41, 5.74) is 0.279. The summed E-state index contributed by atoms with van der Waals surface area (Å²) in [7, 11) is 1.85. The van der Waals surface area contributed by atoms with Gasteiger partial charge < -0.3 is 15.0 Å². The second-order valence-corrected chi connectivity index (χ2v) is 5.10. The first kappa shape index (κ1) is 14.2. The summed E-state index contributed by atoms with van der Waals surface area (Å²) in [4.78, 5) is 19.3. The van der Waals surface area contributed by atoms with Crippen LogP contribution in [0.3, 0.4) is 0 Å². The monoisotopic (exact) mass is 265 g/mol. The third-order valence-electron chi connectivity index (χ3n) is 3.67. The summed E-state index contributed by atoms with van der Waals surface area (Å²) in [5.74, 6) is 0.701. The number of hydrogen-bond donors (Lipinski definition) is 2. The Morgan fingerprint density at radius 3 is 2.79 bits per heavy atom. The number of hydrogen-bond acceptors (Lipinski definition) is 4. The molecule has 0 bridgehead atoms. The number of nitrogens with zero attached hydrogens (tertiary/aromatic N) is 1. The van der Waals surface area contributed by atoms with E-state index < -0.39 is 5.60 Å². The Bertz CT molecular complexity index is 458. The molecule has 0 unspecified atom stereocenters. The summed E-state index contributed by atoms with van der Waals surface area (Å²) in [5, 5.41) is 3.03. The molecule has 0 saturated heterocycles. The van der Waals surface area contributed by atoms with Gasteiger partial charge in [0.1, 0.15) is 11.4 Å². The van der Waals surface area contributed by atoms with Gasteiger partial charge in [-0.15, -0.1) is 0 Å². The van der Waals surface area contributed by atoms with Gasteiger partial charge >= 0.3 is 0 Å². The van der Waals surface area contributed by atoms with Crippen molar-refractivity contribution in [3.63, 3.8) is 0 Å². The predicted molar refractivity (Wildman–Crippen MR) is 74.0 cm³/mol. The van der Waals surface area contributed by atoms with Gasteiger partial charge in [-0.2, -0.15) is 0 Å². The highest BCUT2D eigenvalue weighted by atomic mass is 16.5. The van der Waals surface area contributed by atoms with Gasteiger partial charge in [0.15, 0.2) is 0 Å². The summed E-state index contributed by atoms with van der Waals surface area (Å²) in [6.45, 7) is 3.23. The van der Waals surface area contributed by atoms with E-state index in [-0.39, 0.29) is 5.56 Å². The second kappa shape index (κ2) is 6.30. The first-order chi connectivity index (χ1) is 9.20. The van der Waals surface area contributed by atoms with Crippen molar-refractivity contribution in [3.05, 3.63) is 27.9 Å². The van der Waals surface area contributed by atoms with E-state index >= 15 is 0 Å². The minimum atomic E-state index is -0.393. The number of aromatic nitrogens is 2. The Morgan fingerprint density at radius 2 is 2.16 bits per heavy atom. The average Bonchev–Trinajstić information content (AvgIpc) is 2.40. The molecule has 0 amide bonds. The number of ether oxygens (including phenoxy) is 1. The van der Waals surface area contributed by atoms with E-state index in [9.17, 15) is 4.79 Å². The molecule has 0 radical (unpaired) electrons. The molecule has 5 nitrogen and oxygen atoms in total. The van der Waals surface area contributed by atoms with E-state index in [1.54, 1.807) is 6.07 Å². The van der Waals surface area contributed by atoms with Crippen molar-refractivity contribution < 1.29 is 4.74 Å². The number of rotatable bonds is 5. The Kier molecular flexibility index (Phi) is 4.71. The zero-order valence-electron chi connectivity index (χ0n) is 11.8. The minimum Gasteiger partial charge on any atom is -0.367 e. The van der Waals surface area contributed by atoms with Gasteiger partial charge in [0.05, 0.1) is 5.69 Å². The molecule has 2 rings (SSSR count). The van der Waals surface area contributed by atoms with Crippen molar-refractivity contribution in [2.24, 2.45) is 0 Å². The molecule has 1 fully saturated rings. The Balaban J connectivity index is 2.37. The van der Waals surface area contributed by atoms with Crippen LogP contribution in [0.15, 0.2) is 10.9 Å². The van der Waals surface area contributed by atoms with Crippen molar-refractivity contribution in [2.45, 2.75) is 51.2 Å². The first-order valence-electron chi connectivity index (χ1n) is 7.09. The highest BCUT2D eigenvalue weighted by molar-refractivity contribution is 5.10. The lowest BCUT2D eigenvalue weighted by molar-refractivity contribution is -0.0769. The fourth-order valence-electron chi connectivity index (χ4n) is 2.84. The third kappa shape index (κ3) is 3.22. The molecule has 0 aromatic carbocycles. The normalized spacial score (nSPS) is 18.4. The van der Waals surface area contributed by atoms with Crippen LogP contribution >= 0.6 is 0 Å². The van der Waals surface area contributed by atoms with Crippen LogP contribution < -0.4 is 10.9 Å². The lowest BCUT2D eigenvalue weighted by Crippen LogP contribution is -2.36. The van der Waals surface area contributed by atoms with E-state index in [4.69, 9.17) is 4.74 Å². The van der Waals surface area contributed by atoms with Crippen LogP contribution in [-0.4, -0.2) is 23.6 Å². The van der Waals surface area contributed by atoms with Crippen LogP contribution in [0.2, 0.25) is 0 Å². The predicted octanol–water partition coefficient (Wildman–Crippen LogP) is 1.69. The molecule has 1 aromatic rings. The zero-order valence-corrected chi connectivity index (χ0v) is 11.8. The highest BCUT2D eigenvalue weighted by Gasteiger charge is 2.37. The Labute approximate surface area is 113 Å². The number of H-pyrrole nitrogens is 1. The Hall–Kier alpha value is -1.20. The molecule has 1 heterocycles. The van der Waals surface area contributed by atoms with Crippen LogP contribution in [0.25, 0.3) is 0 Å². The van der Waals surface area contributed by atoms with E-state index in [1.165, 1.54) is 6.42 Å². The smallest absolute Gasteiger partial charge is 0.251 e. The van der Waals surface area contributed by atoms with E-state index in [0.717, 1.165) is 31.4 Å². The van der Waals surface area contributed by atoms with Crippen molar-refractivity contribution >= 4 is 0 Å². The lowest BCUT2D eigenvalue weighted by atomic mass is 9.83. The van der Waals surface area contributed by atoms with Gasteiger partial charge in [-0.1, -0.05) is 19.3 Å². The maximum absolute atomic E-state index is 11.8. The van der Waals surface area contributed by atoms with Crippen molar-refractivity contribution in [3.8, 4) is 0 Å². The van der Waals surface area contributed by atoms with Gasteiger partial charge in [0, 0.05) is 19.2 Å². The maximum Gasteiger partial charge on any atom is 0.251 e. The summed E-state index contributed by atoms with van der Waals surface area (Å²) >= 11 is 0. The fourth-order valence-corrected chi connectivity index (χ4v) is 2.84. The fraction of sp³-hybridized carbons (Fsp3) is 0.714. The molecular formula is C14H23N3O2. The molecule has 2 N–H and O–H groups in total. The third-order valence-corrected chi connectivity index (χ3v) is 3.67. The van der Waals surface area contributed by atoms with Crippen molar-refractivity contribution in [1.29, 1.82) is 0 Å². The van der Waals surface area contributed by atoms with Gasteiger partial charge in [-0.3, -0.25) is 4.79 Å². The summed E-state index contributed by atoms with van der Waals surface area (Å²) in [6, 6.07) is 1.54. The second-order valence-electron chi connectivity index (χ2n) is 5.10. The summed E-state index contributed by atoms with van der Waals surface area (Å²) in [6.07, 6.45) is 5.36. The number of aromatic amines is 1. The summed E-state index contributed by atoms with van der Waals surface area (Å²) < 4.78 is 5.99. The Morgan fingerprint density at radius 1 is 1.42 bits per heavy atom. The topological polar surface area (TPSA) is 67.0 Å². The van der Waals surface area contributed by atoms with Gasteiger partial charge in [-0.25, -0.2) is 4.98 Å². The van der Waals surface area contributed by atoms with Crippen LogP contribution in [0.5, 0.6) is 0 Å². The van der Waals surface area contributed by atoms with E-state index in [2.05, 4.69) is 15.3 Å². The molecule has 1 saturated carbocycles. The van der Waals surface area contributed by atoms with Crippen LogP contribution in [0.1, 0.15) is 50.5 Å². The van der Waals surface area contributed by atoms with Crippen LogP contribution in [-0.2, 0) is 16.9 Å². The molecule has 19 heavy (non-hydrogen) atoms. The molecule has 1 aliphatic rings. The van der Waals surface area contributed by atoms with E-state index in [0.29, 0.717) is 19.0 Å². The molecule has 106 valence electrons. The van der Waals surface area contributed by atoms with Gasteiger partial charge in [-0.05, 0) is 26.8 Å². The number of nitrogens with one attached hydrogen (secondary N) is 2. The largest absolute Gasteiger partial charge is 0.367 e. The maximum atomic E-state index is 11.8. The van der Waals surface area contributed by atoms with Crippen molar-refractivity contribution in [2.75, 3.05) is 13.7 Å². The molecule has 5 heteroatoms. The molecule has 1 aliphatic carbocycles. The van der Waals surface area contributed by atoms with Crippen LogP contribution in [0, 0.1) is 0 Å². The van der Waals surface area contributed by atoms with Gasteiger partial charge in [0.2, 0.25) is 0 Å². The average molecular weight is 265 g/mol. The first-order valence-corrected chi connectivity index (χ1v) is 7.09.